The largest absolute Gasteiger partial charge is 0.490 e. The van der Waals surface area contributed by atoms with Crippen LogP contribution in [0.25, 0.3) is 0 Å². The second kappa shape index (κ2) is 12.8. The molecule has 0 aliphatic carbocycles. The van der Waals surface area contributed by atoms with Gasteiger partial charge >= 0.3 is 11.8 Å². The van der Waals surface area contributed by atoms with Crippen LogP contribution in [0.3, 0.4) is 0 Å². The van der Waals surface area contributed by atoms with E-state index >= 15 is 0 Å². The fraction of sp³-hybridized carbons (Fsp3) is 0.120. The molecule has 0 atom stereocenters. The molecule has 9 nitrogen and oxygen atoms in total. The molecule has 180 valence electrons. The van der Waals surface area contributed by atoms with E-state index in [1.165, 1.54) is 6.21 Å². The van der Waals surface area contributed by atoms with E-state index in [2.05, 4.69) is 21.2 Å². The molecule has 10 heteroatoms. The molecule has 0 bridgehead atoms. The standard InChI is InChI=1S/C25H23ClN4O5/c1-2-34-22-14-17(12-13-21(22)35-16-23(31)28-18-8-4-3-5-9-18)15-27-30-25(33)24(32)29-20-11-7-6-10-19(20)26/h3-15H,2,16H2,1H3,(H,28,31)(H,29,32)(H,30,33). The van der Waals surface area contributed by atoms with E-state index in [9.17, 15) is 14.4 Å². The number of carbonyl (C=O) groups excluding carboxylic acids is 3. The molecule has 3 amide bonds. The zero-order valence-corrected chi connectivity index (χ0v) is 19.5. The zero-order chi connectivity index (χ0) is 25.0. The number of benzene rings is 3. The average molecular weight is 495 g/mol. The lowest BCUT2D eigenvalue weighted by atomic mass is 10.2. The summed E-state index contributed by atoms with van der Waals surface area (Å²) in [5, 5.41) is 9.24. The van der Waals surface area contributed by atoms with Crippen LogP contribution in [-0.2, 0) is 14.4 Å². The number of amides is 3. The lowest BCUT2D eigenvalue weighted by Gasteiger charge is -2.12. The van der Waals surface area contributed by atoms with E-state index in [0.29, 0.717) is 40.1 Å². The number of hydrazone groups is 1. The number of hydrogen-bond donors (Lipinski definition) is 3. The molecule has 0 saturated carbocycles. The first-order valence-electron chi connectivity index (χ1n) is 10.6. The van der Waals surface area contributed by atoms with Crippen molar-refractivity contribution in [2.75, 3.05) is 23.8 Å². The van der Waals surface area contributed by atoms with E-state index in [4.69, 9.17) is 21.1 Å². The Labute approximate surface area is 207 Å². The highest BCUT2D eigenvalue weighted by Crippen LogP contribution is 2.28. The number of nitrogens with one attached hydrogen (secondary N) is 3. The maximum atomic E-state index is 12.1. The van der Waals surface area contributed by atoms with Crippen molar-refractivity contribution in [2.24, 2.45) is 5.10 Å². The van der Waals surface area contributed by atoms with Crippen molar-refractivity contribution < 1.29 is 23.9 Å². The molecular formula is C25H23ClN4O5. The molecule has 3 rings (SSSR count). The van der Waals surface area contributed by atoms with Gasteiger partial charge in [-0.3, -0.25) is 14.4 Å². The van der Waals surface area contributed by atoms with Crippen LogP contribution in [0.1, 0.15) is 12.5 Å². The van der Waals surface area contributed by atoms with Gasteiger partial charge in [0, 0.05) is 5.69 Å². The van der Waals surface area contributed by atoms with Gasteiger partial charge in [-0.05, 0) is 55.0 Å². The summed E-state index contributed by atoms with van der Waals surface area (Å²) in [6, 6.07) is 20.5. The third-order valence-corrected chi connectivity index (χ3v) is 4.72. The molecular weight excluding hydrogens is 472 g/mol. The van der Waals surface area contributed by atoms with Gasteiger partial charge in [-0.15, -0.1) is 0 Å². The van der Waals surface area contributed by atoms with Crippen molar-refractivity contribution >= 4 is 46.9 Å². The second-order valence-corrected chi connectivity index (χ2v) is 7.38. The Balaban J connectivity index is 1.56. The van der Waals surface area contributed by atoms with Gasteiger partial charge < -0.3 is 20.1 Å². The summed E-state index contributed by atoms with van der Waals surface area (Å²) in [4.78, 5) is 36.1. The minimum absolute atomic E-state index is 0.209. The number of rotatable bonds is 9. The molecule has 0 fully saturated rings. The van der Waals surface area contributed by atoms with Crippen LogP contribution in [0.15, 0.2) is 77.9 Å². The van der Waals surface area contributed by atoms with Crippen molar-refractivity contribution in [3.8, 4) is 11.5 Å². The predicted molar refractivity (Wildman–Crippen MR) is 134 cm³/mol. The monoisotopic (exact) mass is 494 g/mol. The van der Waals surface area contributed by atoms with Gasteiger partial charge in [0.15, 0.2) is 18.1 Å². The molecule has 0 unspecified atom stereocenters. The Morgan fingerprint density at radius 3 is 2.37 bits per heavy atom. The van der Waals surface area contributed by atoms with Crippen molar-refractivity contribution in [3.05, 3.63) is 83.4 Å². The second-order valence-electron chi connectivity index (χ2n) is 6.98. The molecule has 3 aromatic carbocycles. The van der Waals surface area contributed by atoms with E-state index in [0.717, 1.165) is 0 Å². The van der Waals surface area contributed by atoms with Gasteiger partial charge in [-0.2, -0.15) is 5.10 Å². The Morgan fingerprint density at radius 1 is 0.886 bits per heavy atom. The van der Waals surface area contributed by atoms with Crippen LogP contribution < -0.4 is 25.5 Å². The number of halogens is 1. The fourth-order valence-electron chi connectivity index (χ4n) is 2.81. The Hall–Kier alpha value is -4.37. The lowest BCUT2D eigenvalue weighted by Crippen LogP contribution is -2.32. The molecule has 0 spiro atoms. The van der Waals surface area contributed by atoms with Crippen molar-refractivity contribution in [1.29, 1.82) is 0 Å². The highest BCUT2D eigenvalue weighted by Gasteiger charge is 2.14. The van der Waals surface area contributed by atoms with Crippen molar-refractivity contribution in [3.63, 3.8) is 0 Å². The Kier molecular flexibility index (Phi) is 9.21. The third-order valence-electron chi connectivity index (χ3n) is 4.39. The molecule has 0 radical (unpaired) electrons. The fourth-order valence-corrected chi connectivity index (χ4v) is 3.00. The van der Waals surface area contributed by atoms with Crippen LogP contribution in [0.5, 0.6) is 11.5 Å². The maximum absolute atomic E-state index is 12.1. The molecule has 3 N–H and O–H groups in total. The first kappa shape index (κ1) is 25.3. The molecule has 0 aromatic heterocycles. The SMILES string of the molecule is CCOc1cc(C=NNC(=O)C(=O)Nc2ccccc2Cl)ccc1OCC(=O)Nc1ccccc1. The van der Waals surface area contributed by atoms with E-state index in [-0.39, 0.29) is 12.5 Å². The van der Waals surface area contributed by atoms with Crippen LogP contribution in [0.2, 0.25) is 5.02 Å². The highest BCUT2D eigenvalue weighted by atomic mass is 35.5. The Bertz CT molecular complexity index is 1220. The number of ether oxygens (including phenoxy) is 2. The van der Waals surface area contributed by atoms with E-state index in [1.54, 1.807) is 54.6 Å². The first-order chi connectivity index (χ1) is 17.0. The lowest BCUT2D eigenvalue weighted by molar-refractivity contribution is -0.136. The highest BCUT2D eigenvalue weighted by molar-refractivity contribution is 6.41. The minimum Gasteiger partial charge on any atom is -0.490 e. The number of nitrogens with zero attached hydrogens (tertiary/aromatic N) is 1. The first-order valence-corrected chi connectivity index (χ1v) is 11.0. The number of anilines is 2. The number of para-hydroxylation sites is 2. The molecule has 35 heavy (non-hydrogen) atoms. The molecule has 0 aliphatic rings. The summed E-state index contributed by atoms with van der Waals surface area (Å²) in [5.74, 6) is -1.43. The summed E-state index contributed by atoms with van der Waals surface area (Å²) in [6.45, 7) is 1.97. The molecule has 0 aliphatic heterocycles. The van der Waals surface area contributed by atoms with Crippen molar-refractivity contribution in [1.82, 2.24) is 5.43 Å². The molecule has 3 aromatic rings. The van der Waals surface area contributed by atoms with Crippen LogP contribution in [0, 0.1) is 0 Å². The van der Waals surface area contributed by atoms with Gasteiger partial charge in [0.2, 0.25) is 0 Å². The van der Waals surface area contributed by atoms with Crippen molar-refractivity contribution in [2.45, 2.75) is 6.92 Å². The molecule has 0 heterocycles. The van der Waals surface area contributed by atoms with Gasteiger partial charge in [-0.25, -0.2) is 5.43 Å². The van der Waals surface area contributed by atoms with Gasteiger partial charge in [-0.1, -0.05) is 41.9 Å². The number of carbonyl (C=O) groups is 3. The minimum atomic E-state index is -0.962. The van der Waals surface area contributed by atoms with Gasteiger partial charge in [0.05, 0.1) is 23.5 Å². The zero-order valence-electron chi connectivity index (χ0n) is 18.8. The van der Waals surface area contributed by atoms with Crippen LogP contribution >= 0.6 is 11.6 Å². The van der Waals surface area contributed by atoms with Gasteiger partial charge in [0.1, 0.15) is 0 Å². The Morgan fingerprint density at radius 2 is 1.63 bits per heavy atom. The summed E-state index contributed by atoms with van der Waals surface area (Å²) in [6.07, 6.45) is 1.34. The van der Waals surface area contributed by atoms with Crippen LogP contribution in [0.4, 0.5) is 11.4 Å². The topological polar surface area (TPSA) is 118 Å². The summed E-state index contributed by atoms with van der Waals surface area (Å²) in [5.41, 5.74) is 3.70. The third kappa shape index (κ3) is 7.86. The van der Waals surface area contributed by atoms with Crippen LogP contribution in [-0.4, -0.2) is 37.1 Å². The summed E-state index contributed by atoms with van der Waals surface area (Å²) < 4.78 is 11.2. The van der Waals surface area contributed by atoms with E-state index < -0.39 is 11.8 Å². The van der Waals surface area contributed by atoms with Gasteiger partial charge in [0.25, 0.3) is 5.91 Å². The number of hydrogen-bond acceptors (Lipinski definition) is 6. The predicted octanol–water partition coefficient (Wildman–Crippen LogP) is 3.85. The smallest absolute Gasteiger partial charge is 0.329 e. The quantitative estimate of drug-likeness (QED) is 0.237. The summed E-state index contributed by atoms with van der Waals surface area (Å²) >= 11 is 5.97. The average Bonchev–Trinajstić information content (AvgIpc) is 2.85. The van der Waals surface area contributed by atoms with E-state index in [1.807, 2.05) is 25.1 Å². The maximum Gasteiger partial charge on any atom is 0.329 e. The molecule has 0 saturated heterocycles. The normalized spacial score (nSPS) is 10.5. The summed E-state index contributed by atoms with van der Waals surface area (Å²) in [7, 11) is 0.